The SMILES string of the molecule is CCCN1CCC(NC(=NC)NCC2CCCN(CC)C2)CC1.I. The molecule has 2 saturated heterocycles. The molecule has 2 heterocycles. The molecule has 5 nitrogen and oxygen atoms in total. The van der Waals surface area contributed by atoms with Crippen LogP contribution in [0.2, 0.25) is 0 Å². The molecule has 0 aromatic rings. The van der Waals surface area contributed by atoms with Gasteiger partial charge in [-0.25, -0.2) is 0 Å². The monoisotopic (exact) mass is 451 g/mol. The molecule has 1 atom stereocenters. The molecule has 2 fully saturated rings. The van der Waals surface area contributed by atoms with Crippen molar-refractivity contribution in [2.75, 3.05) is 52.9 Å². The van der Waals surface area contributed by atoms with Crippen molar-refractivity contribution in [1.82, 2.24) is 20.4 Å². The standard InChI is InChI=1S/C18H37N5.HI/c1-4-10-23-12-8-17(9-13-23)21-18(19-3)20-14-16-7-6-11-22(5-2)15-16;/h16-17H,4-15H2,1-3H3,(H2,19,20,21);1H. The van der Waals surface area contributed by atoms with Gasteiger partial charge in [0.05, 0.1) is 0 Å². The Kier molecular flexibility index (Phi) is 11.3. The van der Waals surface area contributed by atoms with Gasteiger partial charge in [0.25, 0.3) is 0 Å². The van der Waals surface area contributed by atoms with Gasteiger partial charge < -0.3 is 20.4 Å². The van der Waals surface area contributed by atoms with Crippen LogP contribution in [0.3, 0.4) is 0 Å². The van der Waals surface area contributed by atoms with E-state index in [1.807, 2.05) is 7.05 Å². The third-order valence-corrected chi connectivity index (χ3v) is 5.30. The average Bonchev–Trinajstić information content (AvgIpc) is 2.60. The third kappa shape index (κ3) is 7.44. The molecule has 0 amide bonds. The van der Waals surface area contributed by atoms with Gasteiger partial charge >= 0.3 is 0 Å². The first-order valence-corrected chi connectivity index (χ1v) is 9.67. The van der Waals surface area contributed by atoms with Crippen LogP contribution in [0.25, 0.3) is 0 Å². The third-order valence-electron chi connectivity index (χ3n) is 5.30. The zero-order valence-corrected chi connectivity index (χ0v) is 18.2. The molecule has 0 saturated carbocycles. The Morgan fingerprint density at radius 1 is 1.08 bits per heavy atom. The summed E-state index contributed by atoms with van der Waals surface area (Å²) in [6.45, 7) is 12.9. The first-order valence-electron chi connectivity index (χ1n) is 9.67. The summed E-state index contributed by atoms with van der Waals surface area (Å²) in [4.78, 5) is 9.57. The molecule has 0 aromatic heterocycles. The van der Waals surface area contributed by atoms with E-state index in [0.29, 0.717) is 6.04 Å². The first kappa shape index (κ1) is 22.0. The zero-order valence-electron chi connectivity index (χ0n) is 15.9. The summed E-state index contributed by atoms with van der Waals surface area (Å²) in [5, 5.41) is 7.20. The molecule has 0 spiro atoms. The predicted octanol–water partition coefficient (Wildman–Crippen LogP) is 2.38. The minimum absolute atomic E-state index is 0. The number of piperidine rings is 2. The van der Waals surface area contributed by atoms with Crippen LogP contribution in [0, 0.1) is 5.92 Å². The number of nitrogens with one attached hydrogen (secondary N) is 2. The van der Waals surface area contributed by atoms with Crippen molar-refractivity contribution in [3.63, 3.8) is 0 Å². The number of halogens is 1. The predicted molar refractivity (Wildman–Crippen MR) is 115 cm³/mol. The highest BCUT2D eigenvalue weighted by molar-refractivity contribution is 14.0. The highest BCUT2D eigenvalue weighted by atomic mass is 127. The molecular formula is C18H38IN5. The molecule has 0 aliphatic carbocycles. The topological polar surface area (TPSA) is 42.9 Å². The van der Waals surface area contributed by atoms with Crippen LogP contribution in [-0.4, -0.2) is 74.7 Å². The molecule has 0 aromatic carbocycles. The summed E-state index contributed by atoms with van der Waals surface area (Å²) in [6, 6.07) is 0.577. The van der Waals surface area contributed by atoms with Gasteiger partial charge in [-0.1, -0.05) is 13.8 Å². The molecule has 24 heavy (non-hydrogen) atoms. The van der Waals surface area contributed by atoms with E-state index in [-0.39, 0.29) is 24.0 Å². The number of nitrogens with zero attached hydrogens (tertiary/aromatic N) is 3. The van der Waals surface area contributed by atoms with Gasteiger partial charge in [0.1, 0.15) is 0 Å². The zero-order chi connectivity index (χ0) is 16.5. The second-order valence-electron chi connectivity index (χ2n) is 7.11. The fourth-order valence-corrected chi connectivity index (χ4v) is 3.85. The van der Waals surface area contributed by atoms with Crippen molar-refractivity contribution in [1.29, 1.82) is 0 Å². The number of likely N-dealkylation sites (tertiary alicyclic amines) is 2. The lowest BCUT2D eigenvalue weighted by molar-refractivity contribution is 0.183. The van der Waals surface area contributed by atoms with Gasteiger partial charge in [0.2, 0.25) is 0 Å². The number of aliphatic imine (C=N–C) groups is 1. The molecule has 1 unspecified atom stereocenters. The van der Waals surface area contributed by atoms with Crippen LogP contribution in [-0.2, 0) is 0 Å². The Hall–Kier alpha value is -0.0800. The van der Waals surface area contributed by atoms with Crippen LogP contribution in [0.4, 0.5) is 0 Å². The van der Waals surface area contributed by atoms with Gasteiger partial charge in [-0.05, 0) is 57.7 Å². The second-order valence-corrected chi connectivity index (χ2v) is 7.11. The Balaban J connectivity index is 0.00000288. The fraction of sp³-hybridized carbons (Fsp3) is 0.944. The minimum atomic E-state index is 0. The van der Waals surface area contributed by atoms with Crippen LogP contribution in [0.1, 0.15) is 46.0 Å². The molecule has 142 valence electrons. The maximum absolute atomic E-state index is 4.43. The van der Waals surface area contributed by atoms with E-state index >= 15 is 0 Å². The molecule has 0 bridgehead atoms. The van der Waals surface area contributed by atoms with Crippen LogP contribution in [0.5, 0.6) is 0 Å². The van der Waals surface area contributed by atoms with Crippen LogP contribution in [0.15, 0.2) is 4.99 Å². The summed E-state index contributed by atoms with van der Waals surface area (Å²) < 4.78 is 0. The summed E-state index contributed by atoms with van der Waals surface area (Å²) in [6.07, 6.45) is 6.40. The molecule has 2 rings (SSSR count). The summed E-state index contributed by atoms with van der Waals surface area (Å²) in [7, 11) is 1.89. The van der Waals surface area contributed by atoms with Gasteiger partial charge in [0, 0.05) is 39.3 Å². The lowest BCUT2D eigenvalue weighted by Crippen LogP contribution is -2.50. The van der Waals surface area contributed by atoms with E-state index in [0.717, 1.165) is 18.4 Å². The number of hydrogen-bond donors (Lipinski definition) is 2. The van der Waals surface area contributed by atoms with Gasteiger partial charge in [-0.3, -0.25) is 4.99 Å². The van der Waals surface area contributed by atoms with Crippen molar-refractivity contribution in [3.8, 4) is 0 Å². The van der Waals surface area contributed by atoms with E-state index < -0.39 is 0 Å². The number of guanidine groups is 1. The molecule has 2 N–H and O–H groups in total. The smallest absolute Gasteiger partial charge is 0.191 e. The lowest BCUT2D eigenvalue weighted by atomic mass is 9.98. The normalized spacial score (nSPS) is 24.5. The van der Waals surface area contributed by atoms with E-state index in [1.165, 1.54) is 71.4 Å². The summed E-state index contributed by atoms with van der Waals surface area (Å²) >= 11 is 0. The maximum Gasteiger partial charge on any atom is 0.191 e. The minimum Gasteiger partial charge on any atom is -0.356 e. The van der Waals surface area contributed by atoms with E-state index in [1.54, 1.807) is 0 Å². The summed E-state index contributed by atoms with van der Waals surface area (Å²) in [5.41, 5.74) is 0. The Bertz CT molecular complexity index is 355. The molecule has 0 radical (unpaired) electrons. The Morgan fingerprint density at radius 3 is 2.46 bits per heavy atom. The largest absolute Gasteiger partial charge is 0.356 e. The number of hydrogen-bond acceptors (Lipinski definition) is 3. The highest BCUT2D eigenvalue weighted by Crippen LogP contribution is 2.15. The summed E-state index contributed by atoms with van der Waals surface area (Å²) in [5.74, 6) is 1.75. The highest BCUT2D eigenvalue weighted by Gasteiger charge is 2.21. The molecule has 2 aliphatic heterocycles. The fourth-order valence-electron chi connectivity index (χ4n) is 3.85. The van der Waals surface area contributed by atoms with E-state index in [2.05, 4.69) is 39.3 Å². The van der Waals surface area contributed by atoms with Crippen molar-refractivity contribution in [3.05, 3.63) is 0 Å². The number of rotatable bonds is 6. The van der Waals surface area contributed by atoms with Crippen LogP contribution >= 0.6 is 24.0 Å². The Morgan fingerprint density at radius 2 is 1.83 bits per heavy atom. The van der Waals surface area contributed by atoms with E-state index in [9.17, 15) is 0 Å². The molecular weight excluding hydrogens is 413 g/mol. The molecule has 2 aliphatic rings. The van der Waals surface area contributed by atoms with Crippen molar-refractivity contribution in [2.24, 2.45) is 10.9 Å². The van der Waals surface area contributed by atoms with Gasteiger partial charge in [-0.15, -0.1) is 24.0 Å². The van der Waals surface area contributed by atoms with Crippen LogP contribution < -0.4 is 10.6 Å². The lowest BCUT2D eigenvalue weighted by Gasteiger charge is -2.34. The second kappa shape index (κ2) is 12.3. The van der Waals surface area contributed by atoms with Gasteiger partial charge in [0.15, 0.2) is 5.96 Å². The van der Waals surface area contributed by atoms with Gasteiger partial charge in [-0.2, -0.15) is 0 Å². The van der Waals surface area contributed by atoms with E-state index in [4.69, 9.17) is 0 Å². The Labute approximate surface area is 166 Å². The average molecular weight is 451 g/mol. The quantitative estimate of drug-likeness (QED) is 0.370. The molecule has 6 heteroatoms. The maximum atomic E-state index is 4.43. The van der Waals surface area contributed by atoms with Crippen molar-refractivity contribution >= 4 is 29.9 Å². The van der Waals surface area contributed by atoms with Crippen molar-refractivity contribution in [2.45, 2.75) is 52.0 Å². The first-order chi connectivity index (χ1) is 11.2. The van der Waals surface area contributed by atoms with Crippen molar-refractivity contribution < 1.29 is 0 Å².